The quantitative estimate of drug-likeness (QED) is 0.793. The Bertz CT molecular complexity index is 419. The number of halogens is 1. The number of carbonyl (C=O) groups excluding carboxylic acids is 1. The van der Waals surface area contributed by atoms with Crippen molar-refractivity contribution in [2.24, 2.45) is 0 Å². The van der Waals surface area contributed by atoms with E-state index in [-0.39, 0.29) is 11.4 Å². The molecule has 0 aromatic carbocycles. The van der Waals surface area contributed by atoms with Crippen LogP contribution in [0.5, 0.6) is 0 Å². The molecule has 0 spiro atoms. The Morgan fingerprint density at radius 1 is 1.37 bits per heavy atom. The van der Waals surface area contributed by atoms with Crippen molar-refractivity contribution in [2.45, 2.75) is 57.9 Å². The number of carbonyl (C=O) groups is 1. The lowest BCUT2D eigenvalue weighted by Crippen LogP contribution is -2.48. The third-order valence-corrected chi connectivity index (χ3v) is 6.52. The summed E-state index contributed by atoms with van der Waals surface area (Å²) in [6.07, 6.45) is 6.73. The zero-order chi connectivity index (χ0) is 13.9. The molecule has 2 rings (SSSR count). The SMILES string of the molecule is CCC(CC)(CBr)NC(=O)c1cc2c(s1)CCCC2. The van der Waals surface area contributed by atoms with E-state index in [4.69, 9.17) is 0 Å². The Balaban J connectivity index is 2.13. The van der Waals surface area contributed by atoms with Crippen LogP contribution in [-0.2, 0) is 12.8 Å². The van der Waals surface area contributed by atoms with Crippen molar-refractivity contribution in [1.29, 1.82) is 0 Å². The highest BCUT2D eigenvalue weighted by Gasteiger charge is 2.28. The number of thiophene rings is 1. The maximum atomic E-state index is 12.4. The second kappa shape index (κ2) is 6.40. The topological polar surface area (TPSA) is 29.1 Å². The minimum atomic E-state index is -0.110. The van der Waals surface area contributed by atoms with E-state index in [1.54, 1.807) is 11.3 Å². The van der Waals surface area contributed by atoms with Crippen molar-refractivity contribution in [3.05, 3.63) is 21.4 Å². The maximum Gasteiger partial charge on any atom is 0.261 e. The highest BCUT2D eigenvalue weighted by Crippen LogP contribution is 2.30. The second-order valence-electron chi connectivity index (χ2n) is 5.34. The van der Waals surface area contributed by atoms with Crippen molar-refractivity contribution >= 4 is 33.2 Å². The lowest BCUT2D eigenvalue weighted by atomic mass is 9.95. The third-order valence-electron chi connectivity index (χ3n) is 4.21. The van der Waals surface area contributed by atoms with Gasteiger partial charge in [0.1, 0.15) is 0 Å². The molecule has 1 aromatic rings. The molecule has 0 aliphatic heterocycles. The van der Waals surface area contributed by atoms with Crippen LogP contribution < -0.4 is 5.32 Å². The second-order valence-corrected chi connectivity index (χ2v) is 7.04. The zero-order valence-electron chi connectivity index (χ0n) is 11.7. The number of rotatable bonds is 5. The lowest BCUT2D eigenvalue weighted by Gasteiger charge is -2.30. The van der Waals surface area contributed by atoms with E-state index >= 15 is 0 Å². The molecule has 1 heterocycles. The van der Waals surface area contributed by atoms with E-state index in [9.17, 15) is 4.79 Å². The van der Waals surface area contributed by atoms with Gasteiger partial charge in [-0.3, -0.25) is 4.79 Å². The van der Waals surface area contributed by atoms with Crippen LogP contribution in [0.2, 0.25) is 0 Å². The zero-order valence-corrected chi connectivity index (χ0v) is 14.1. The van der Waals surface area contributed by atoms with E-state index in [1.165, 1.54) is 23.3 Å². The van der Waals surface area contributed by atoms with E-state index in [0.29, 0.717) is 0 Å². The van der Waals surface area contributed by atoms with Gasteiger partial charge in [0.15, 0.2) is 0 Å². The number of fused-ring (bicyclic) bond motifs is 1. The van der Waals surface area contributed by atoms with E-state index in [2.05, 4.69) is 41.2 Å². The monoisotopic (exact) mass is 343 g/mol. The average Bonchev–Trinajstić information content (AvgIpc) is 2.89. The molecule has 1 amide bonds. The van der Waals surface area contributed by atoms with Gasteiger partial charge in [-0.2, -0.15) is 0 Å². The minimum absolute atomic E-state index is 0.0996. The van der Waals surface area contributed by atoms with Crippen LogP contribution in [0.15, 0.2) is 6.07 Å². The van der Waals surface area contributed by atoms with Crippen molar-refractivity contribution in [3.8, 4) is 0 Å². The highest BCUT2D eigenvalue weighted by atomic mass is 79.9. The maximum absolute atomic E-state index is 12.4. The van der Waals surface area contributed by atoms with Gasteiger partial charge in [0.25, 0.3) is 5.91 Å². The molecule has 0 radical (unpaired) electrons. The Hall–Kier alpha value is -0.350. The van der Waals surface area contributed by atoms with Gasteiger partial charge < -0.3 is 5.32 Å². The van der Waals surface area contributed by atoms with Crippen LogP contribution in [0, 0.1) is 0 Å². The molecule has 0 unspecified atom stereocenters. The summed E-state index contributed by atoms with van der Waals surface area (Å²) in [5, 5.41) is 4.04. The first-order chi connectivity index (χ1) is 9.14. The molecule has 1 aliphatic carbocycles. The van der Waals surface area contributed by atoms with Gasteiger partial charge in [0.2, 0.25) is 0 Å². The number of amides is 1. The first-order valence-electron chi connectivity index (χ1n) is 7.14. The Labute approximate surface area is 128 Å². The van der Waals surface area contributed by atoms with Gasteiger partial charge in [-0.05, 0) is 50.2 Å². The fourth-order valence-corrected chi connectivity index (χ4v) is 4.64. The predicted molar refractivity (Wildman–Crippen MR) is 85.5 cm³/mol. The fraction of sp³-hybridized carbons (Fsp3) is 0.667. The van der Waals surface area contributed by atoms with E-state index in [0.717, 1.165) is 35.9 Å². The number of nitrogens with one attached hydrogen (secondary N) is 1. The summed E-state index contributed by atoms with van der Waals surface area (Å²) < 4.78 is 0. The first kappa shape index (κ1) is 15.0. The molecule has 0 fully saturated rings. The van der Waals surface area contributed by atoms with Gasteiger partial charge in [0.05, 0.1) is 4.88 Å². The Kier molecular flexibility index (Phi) is 5.07. The smallest absolute Gasteiger partial charge is 0.261 e. The summed E-state index contributed by atoms with van der Waals surface area (Å²) in [6.45, 7) is 4.26. The van der Waals surface area contributed by atoms with E-state index in [1.807, 2.05) is 0 Å². The van der Waals surface area contributed by atoms with Crippen molar-refractivity contribution in [2.75, 3.05) is 5.33 Å². The van der Waals surface area contributed by atoms with Crippen LogP contribution in [0.3, 0.4) is 0 Å². The fourth-order valence-electron chi connectivity index (χ4n) is 2.55. The van der Waals surface area contributed by atoms with Crippen LogP contribution in [0.1, 0.15) is 59.6 Å². The minimum Gasteiger partial charge on any atom is -0.345 e. The van der Waals surface area contributed by atoms with Crippen LogP contribution in [-0.4, -0.2) is 16.8 Å². The lowest BCUT2D eigenvalue weighted by molar-refractivity contribution is 0.0908. The summed E-state index contributed by atoms with van der Waals surface area (Å²) in [4.78, 5) is 14.7. The Morgan fingerprint density at radius 2 is 2.05 bits per heavy atom. The molecular formula is C15H22BrNOS. The molecule has 4 heteroatoms. The predicted octanol–water partition coefficient (Wildman–Crippen LogP) is 4.31. The molecule has 1 N–H and O–H groups in total. The molecular weight excluding hydrogens is 322 g/mol. The molecule has 0 bridgehead atoms. The van der Waals surface area contributed by atoms with Gasteiger partial charge in [-0.1, -0.05) is 29.8 Å². The Morgan fingerprint density at radius 3 is 2.63 bits per heavy atom. The molecule has 0 saturated carbocycles. The summed E-state index contributed by atoms with van der Waals surface area (Å²) in [5.41, 5.74) is 1.29. The molecule has 0 saturated heterocycles. The summed E-state index contributed by atoms with van der Waals surface area (Å²) >= 11 is 5.23. The number of hydrogen-bond acceptors (Lipinski definition) is 2. The number of hydrogen-bond donors (Lipinski definition) is 1. The molecule has 19 heavy (non-hydrogen) atoms. The van der Waals surface area contributed by atoms with Gasteiger partial charge >= 0.3 is 0 Å². The largest absolute Gasteiger partial charge is 0.345 e. The normalized spacial score (nSPS) is 15.1. The number of alkyl halides is 1. The first-order valence-corrected chi connectivity index (χ1v) is 9.08. The molecule has 0 atom stereocenters. The molecule has 1 aliphatic rings. The average molecular weight is 344 g/mol. The summed E-state index contributed by atoms with van der Waals surface area (Å²) in [7, 11) is 0. The highest BCUT2D eigenvalue weighted by molar-refractivity contribution is 9.09. The van der Waals surface area contributed by atoms with Crippen LogP contribution in [0.4, 0.5) is 0 Å². The van der Waals surface area contributed by atoms with E-state index < -0.39 is 0 Å². The summed E-state index contributed by atoms with van der Waals surface area (Å²) in [5.74, 6) is 0.0996. The van der Waals surface area contributed by atoms with Gasteiger partial charge in [-0.15, -0.1) is 11.3 Å². The van der Waals surface area contributed by atoms with Crippen molar-refractivity contribution in [1.82, 2.24) is 5.32 Å². The molecule has 2 nitrogen and oxygen atoms in total. The standard InChI is InChI=1S/C15H22BrNOS/c1-3-15(4-2,10-16)17-14(18)13-9-11-7-5-6-8-12(11)19-13/h9H,3-8,10H2,1-2H3,(H,17,18). The molecule has 1 aromatic heterocycles. The van der Waals surface area contributed by atoms with Crippen LogP contribution >= 0.6 is 27.3 Å². The third kappa shape index (κ3) is 3.22. The number of aryl methyl sites for hydroxylation is 2. The van der Waals surface area contributed by atoms with Gasteiger partial charge in [-0.25, -0.2) is 0 Å². The van der Waals surface area contributed by atoms with Crippen molar-refractivity contribution in [3.63, 3.8) is 0 Å². The van der Waals surface area contributed by atoms with Gasteiger partial charge in [0, 0.05) is 15.7 Å². The van der Waals surface area contributed by atoms with Crippen LogP contribution in [0.25, 0.3) is 0 Å². The van der Waals surface area contributed by atoms with Crippen molar-refractivity contribution < 1.29 is 4.79 Å². The summed E-state index contributed by atoms with van der Waals surface area (Å²) in [6, 6.07) is 2.11. The molecule has 106 valence electrons.